The lowest BCUT2D eigenvalue weighted by Crippen LogP contribution is -2.46. The lowest BCUT2D eigenvalue weighted by atomic mass is 10.2. The maximum Gasteiger partial charge on any atom is 0.397 e. The van der Waals surface area contributed by atoms with Crippen molar-refractivity contribution in [2.45, 2.75) is 31.5 Å². The number of nitrogens with one attached hydrogen (secondary N) is 1. The van der Waals surface area contributed by atoms with E-state index in [1.165, 1.54) is 0 Å². The van der Waals surface area contributed by atoms with Crippen molar-refractivity contribution in [3.63, 3.8) is 0 Å². The number of carbonyl (C=O) groups is 1. The van der Waals surface area contributed by atoms with Gasteiger partial charge in [-0.2, -0.15) is 13.2 Å². The summed E-state index contributed by atoms with van der Waals surface area (Å²) in [6.07, 6.45) is -4.30. The van der Waals surface area contributed by atoms with E-state index in [1.54, 1.807) is 0 Å². The molecule has 3 nitrogen and oxygen atoms in total. The molecule has 7 heteroatoms. The van der Waals surface area contributed by atoms with Gasteiger partial charge in [0.2, 0.25) is 5.91 Å². The number of carbonyl (C=O) groups excluding carboxylic acids is 1. The van der Waals surface area contributed by atoms with Gasteiger partial charge in [0.1, 0.15) is 6.42 Å². The van der Waals surface area contributed by atoms with Crippen LogP contribution in [0, 0.1) is 5.92 Å². The third kappa shape index (κ3) is 4.46. The van der Waals surface area contributed by atoms with E-state index in [2.05, 4.69) is 17.5 Å². The van der Waals surface area contributed by atoms with Crippen LogP contribution in [0.15, 0.2) is 0 Å². The maximum absolute atomic E-state index is 11.8. The van der Waals surface area contributed by atoms with Crippen molar-refractivity contribution in [2.75, 3.05) is 0 Å². The highest BCUT2D eigenvalue weighted by atomic mass is 32.1. The second kappa shape index (κ2) is 4.34. The third-order valence-electron chi connectivity index (χ3n) is 2.08. The number of nitrogens with two attached hydrogens (primary N) is 1. The number of amides is 1. The highest BCUT2D eigenvalue weighted by Crippen LogP contribution is 2.33. The van der Waals surface area contributed by atoms with E-state index in [4.69, 9.17) is 5.73 Å². The maximum atomic E-state index is 11.8. The molecule has 0 bridgehead atoms. The van der Waals surface area contributed by atoms with E-state index < -0.39 is 24.5 Å². The first-order chi connectivity index (χ1) is 6.79. The summed E-state index contributed by atoms with van der Waals surface area (Å²) in [4.78, 5) is 11.0. The first kappa shape index (κ1) is 12.2. The minimum Gasteiger partial charge on any atom is -0.392 e. The lowest BCUT2D eigenvalue weighted by Gasteiger charge is -2.17. The van der Waals surface area contributed by atoms with Gasteiger partial charge in [-0.15, -0.1) is 0 Å². The molecule has 0 spiro atoms. The third-order valence-corrected chi connectivity index (χ3v) is 2.33. The fourth-order valence-corrected chi connectivity index (χ4v) is 1.51. The zero-order valence-electron chi connectivity index (χ0n) is 7.80. The van der Waals surface area contributed by atoms with Crippen LogP contribution in [0.2, 0.25) is 0 Å². The van der Waals surface area contributed by atoms with Gasteiger partial charge >= 0.3 is 6.18 Å². The molecule has 0 saturated heterocycles. The average Bonchev–Trinajstić information content (AvgIpc) is 2.78. The van der Waals surface area contributed by atoms with Crippen LogP contribution in [-0.4, -0.2) is 23.1 Å². The quantitative estimate of drug-likeness (QED) is 0.724. The number of thiocarbonyl (C=S) groups is 1. The Morgan fingerprint density at radius 2 is 2.07 bits per heavy atom. The molecule has 0 heterocycles. The summed E-state index contributed by atoms with van der Waals surface area (Å²) in [5, 5.41) is 2.21. The van der Waals surface area contributed by atoms with Crippen molar-refractivity contribution in [3.05, 3.63) is 0 Å². The van der Waals surface area contributed by atoms with Gasteiger partial charge in [0.25, 0.3) is 0 Å². The Bertz CT molecular complexity index is 276. The minimum absolute atomic E-state index is 0.0491. The predicted molar refractivity (Wildman–Crippen MR) is 52.1 cm³/mol. The normalized spacial score (nSPS) is 18.3. The van der Waals surface area contributed by atoms with Crippen LogP contribution in [0.25, 0.3) is 0 Å². The second-order valence-corrected chi connectivity index (χ2v) is 4.05. The Kier molecular flexibility index (Phi) is 3.54. The summed E-state index contributed by atoms with van der Waals surface area (Å²) < 4.78 is 35.5. The van der Waals surface area contributed by atoms with E-state index in [-0.39, 0.29) is 10.9 Å². The molecular weight excluding hydrogens is 229 g/mol. The minimum atomic E-state index is -4.49. The van der Waals surface area contributed by atoms with E-state index in [1.807, 2.05) is 0 Å². The molecule has 3 N–H and O–H groups in total. The van der Waals surface area contributed by atoms with Crippen molar-refractivity contribution in [3.8, 4) is 0 Å². The molecule has 1 rings (SSSR count). The van der Waals surface area contributed by atoms with Gasteiger partial charge in [0.15, 0.2) is 0 Å². The molecule has 86 valence electrons. The molecule has 1 aliphatic carbocycles. The summed E-state index contributed by atoms with van der Waals surface area (Å²) in [6, 6.07) is -0.588. The van der Waals surface area contributed by atoms with E-state index >= 15 is 0 Å². The molecule has 1 atom stereocenters. The molecule has 15 heavy (non-hydrogen) atoms. The van der Waals surface area contributed by atoms with Crippen LogP contribution in [-0.2, 0) is 4.79 Å². The van der Waals surface area contributed by atoms with Crippen LogP contribution in [0.4, 0.5) is 13.2 Å². The first-order valence-electron chi connectivity index (χ1n) is 4.45. The summed E-state index contributed by atoms with van der Waals surface area (Å²) in [5.41, 5.74) is 5.33. The molecule has 1 saturated carbocycles. The van der Waals surface area contributed by atoms with Gasteiger partial charge in [-0.25, -0.2) is 0 Å². The molecular formula is C8H11F3N2OS. The van der Waals surface area contributed by atoms with Crippen molar-refractivity contribution >= 4 is 23.1 Å². The Morgan fingerprint density at radius 1 is 1.53 bits per heavy atom. The van der Waals surface area contributed by atoms with E-state index in [0.717, 1.165) is 12.8 Å². The van der Waals surface area contributed by atoms with Gasteiger partial charge < -0.3 is 11.1 Å². The lowest BCUT2D eigenvalue weighted by molar-refractivity contribution is -0.154. The van der Waals surface area contributed by atoms with Gasteiger partial charge in [-0.1, -0.05) is 12.2 Å². The SMILES string of the molecule is NC(=S)C(NC(=O)CC(F)(F)F)C1CC1. The molecule has 0 aromatic rings. The predicted octanol–water partition coefficient (Wildman–Crippen LogP) is 1.12. The molecule has 1 unspecified atom stereocenters. The second-order valence-electron chi connectivity index (χ2n) is 3.58. The van der Waals surface area contributed by atoms with Crippen LogP contribution in [0.5, 0.6) is 0 Å². The van der Waals surface area contributed by atoms with Crippen LogP contribution in [0.1, 0.15) is 19.3 Å². The number of hydrogen-bond acceptors (Lipinski definition) is 2. The zero-order chi connectivity index (χ0) is 11.6. The largest absolute Gasteiger partial charge is 0.397 e. The van der Waals surface area contributed by atoms with Crippen molar-refractivity contribution in [2.24, 2.45) is 11.7 Å². The average molecular weight is 240 g/mol. The smallest absolute Gasteiger partial charge is 0.392 e. The van der Waals surface area contributed by atoms with Crippen molar-refractivity contribution in [1.82, 2.24) is 5.32 Å². The molecule has 0 aromatic heterocycles. The molecule has 1 aliphatic rings. The van der Waals surface area contributed by atoms with Gasteiger partial charge in [0, 0.05) is 0 Å². The van der Waals surface area contributed by atoms with Crippen LogP contribution >= 0.6 is 12.2 Å². The highest BCUT2D eigenvalue weighted by Gasteiger charge is 2.37. The van der Waals surface area contributed by atoms with Crippen LogP contribution in [0.3, 0.4) is 0 Å². The van der Waals surface area contributed by atoms with Crippen molar-refractivity contribution in [1.29, 1.82) is 0 Å². The monoisotopic (exact) mass is 240 g/mol. The summed E-state index contributed by atoms with van der Waals surface area (Å²) in [7, 11) is 0. The molecule has 0 aliphatic heterocycles. The standard InChI is InChI=1S/C8H11F3N2OS/c9-8(10,11)3-5(14)13-6(7(12)15)4-1-2-4/h4,6H,1-3H2,(H2,12,15)(H,13,14). The highest BCUT2D eigenvalue weighted by molar-refractivity contribution is 7.80. The van der Waals surface area contributed by atoms with E-state index in [0.29, 0.717) is 0 Å². The summed E-state index contributed by atoms with van der Waals surface area (Å²) >= 11 is 4.67. The summed E-state index contributed by atoms with van der Waals surface area (Å²) in [5.74, 6) is -0.966. The Hall–Kier alpha value is -0.850. The van der Waals surface area contributed by atoms with Crippen LogP contribution < -0.4 is 11.1 Å². The number of alkyl halides is 3. The van der Waals surface area contributed by atoms with Crippen molar-refractivity contribution < 1.29 is 18.0 Å². The molecule has 1 fully saturated rings. The molecule has 0 aromatic carbocycles. The molecule has 1 amide bonds. The first-order valence-corrected chi connectivity index (χ1v) is 4.86. The van der Waals surface area contributed by atoms with E-state index in [9.17, 15) is 18.0 Å². The van der Waals surface area contributed by atoms with Gasteiger partial charge in [-0.05, 0) is 18.8 Å². The van der Waals surface area contributed by atoms with Gasteiger partial charge in [-0.3, -0.25) is 4.79 Å². The Morgan fingerprint density at radius 3 is 2.40 bits per heavy atom. The fourth-order valence-electron chi connectivity index (χ4n) is 1.26. The summed E-state index contributed by atoms with van der Waals surface area (Å²) in [6.45, 7) is 0. The Balaban J connectivity index is 2.44. The number of halogens is 3. The number of rotatable bonds is 4. The fraction of sp³-hybridized carbons (Fsp3) is 0.750. The topological polar surface area (TPSA) is 55.1 Å². The Labute approximate surface area is 90.2 Å². The zero-order valence-corrected chi connectivity index (χ0v) is 8.62. The van der Waals surface area contributed by atoms with Gasteiger partial charge in [0.05, 0.1) is 11.0 Å². The molecule has 0 radical (unpaired) electrons. The number of hydrogen-bond donors (Lipinski definition) is 2.